The zero-order chi connectivity index (χ0) is 8.01. The third-order valence-corrected chi connectivity index (χ3v) is 3.49. The van der Waals surface area contributed by atoms with Crippen LogP contribution in [0, 0.1) is 11.8 Å². The van der Waals surface area contributed by atoms with Gasteiger partial charge in [-0.05, 0) is 39.3 Å². The van der Waals surface area contributed by atoms with E-state index < -0.39 is 0 Å². The molecule has 2 nitrogen and oxygen atoms in total. The second-order valence-electron chi connectivity index (χ2n) is 4.26. The van der Waals surface area contributed by atoms with Gasteiger partial charge in [0.05, 0.1) is 6.10 Å². The van der Waals surface area contributed by atoms with E-state index in [4.69, 9.17) is 0 Å². The van der Waals surface area contributed by atoms with Crippen molar-refractivity contribution in [3.63, 3.8) is 0 Å². The Morgan fingerprint density at radius 1 is 1.27 bits per heavy atom. The number of hydrogen-bond acceptors (Lipinski definition) is 2. The van der Waals surface area contributed by atoms with E-state index in [9.17, 15) is 5.11 Å². The molecule has 0 heterocycles. The molecule has 0 aromatic rings. The third-order valence-electron chi connectivity index (χ3n) is 3.49. The number of aliphatic hydroxyl groups is 1. The number of hydrogen-bond donors (Lipinski definition) is 1. The predicted octanol–water partition coefficient (Wildman–Crippen LogP) is 0.707. The van der Waals surface area contributed by atoms with E-state index in [0.717, 1.165) is 0 Å². The smallest absolute Gasteiger partial charge is 0.0612 e. The number of rotatable bonds is 1. The van der Waals surface area contributed by atoms with E-state index in [1.54, 1.807) is 0 Å². The molecule has 2 rings (SSSR count). The van der Waals surface area contributed by atoms with Crippen LogP contribution in [0.2, 0.25) is 0 Å². The quantitative estimate of drug-likeness (QED) is 0.602. The Labute approximate surface area is 68.2 Å². The molecule has 4 atom stereocenters. The Morgan fingerprint density at radius 2 is 2.00 bits per heavy atom. The van der Waals surface area contributed by atoms with Gasteiger partial charge in [-0.25, -0.2) is 0 Å². The van der Waals surface area contributed by atoms with Gasteiger partial charge in [0.2, 0.25) is 0 Å². The van der Waals surface area contributed by atoms with Crippen LogP contribution < -0.4 is 0 Å². The third kappa shape index (κ3) is 1.00. The van der Waals surface area contributed by atoms with Crippen molar-refractivity contribution in [3.05, 3.63) is 0 Å². The molecule has 1 N–H and O–H groups in total. The monoisotopic (exact) mass is 155 g/mol. The molecule has 0 aliphatic heterocycles. The zero-order valence-electron chi connectivity index (χ0n) is 7.33. The fourth-order valence-corrected chi connectivity index (χ4v) is 2.85. The van der Waals surface area contributed by atoms with Crippen molar-refractivity contribution < 1.29 is 5.11 Å². The van der Waals surface area contributed by atoms with E-state index in [2.05, 4.69) is 19.0 Å². The Morgan fingerprint density at radius 3 is 2.27 bits per heavy atom. The number of fused-ring (bicyclic) bond motifs is 2. The zero-order valence-corrected chi connectivity index (χ0v) is 7.33. The number of aliphatic hydroxyl groups excluding tert-OH is 1. The molecule has 0 aromatic carbocycles. The Hall–Kier alpha value is -0.0800. The van der Waals surface area contributed by atoms with E-state index in [-0.39, 0.29) is 6.10 Å². The summed E-state index contributed by atoms with van der Waals surface area (Å²) in [7, 11) is 4.25. The summed E-state index contributed by atoms with van der Waals surface area (Å²) in [6.45, 7) is 0. The SMILES string of the molecule is CN(C)C1CC2CCC1C2O. The lowest BCUT2D eigenvalue weighted by Crippen LogP contribution is -2.34. The van der Waals surface area contributed by atoms with Crippen LogP contribution in [0.1, 0.15) is 19.3 Å². The highest BCUT2D eigenvalue weighted by Crippen LogP contribution is 2.46. The van der Waals surface area contributed by atoms with E-state index >= 15 is 0 Å². The fraction of sp³-hybridized carbons (Fsp3) is 1.00. The lowest BCUT2D eigenvalue weighted by Gasteiger charge is -2.27. The molecule has 0 amide bonds. The summed E-state index contributed by atoms with van der Waals surface area (Å²) in [5, 5.41) is 9.72. The Bertz CT molecular complexity index is 158. The molecule has 0 saturated heterocycles. The first-order chi connectivity index (χ1) is 5.20. The van der Waals surface area contributed by atoms with E-state index in [0.29, 0.717) is 17.9 Å². The average Bonchev–Trinajstić information content (AvgIpc) is 2.46. The van der Waals surface area contributed by atoms with Crippen molar-refractivity contribution in [1.82, 2.24) is 4.90 Å². The molecule has 0 radical (unpaired) electrons. The highest BCUT2D eigenvalue weighted by Gasteiger charge is 2.47. The van der Waals surface area contributed by atoms with Crippen LogP contribution >= 0.6 is 0 Å². The summed E-state index contributed by atoms with van der Waals surface area (Å²) >= 11 is 0. The molecule has 2 saturated carbocycles. The van der Waals surface area contributed by atoms with Crippen LogP contribution in [0.25, 0.3) is 0 Å². The number of nitrogens with zero attached hydrogens (tertiary/aromatic N) is 1. The van der Waals surface area contributed by atoms with Gasteiger partial charge in [-0.3, -0.25) is 0 Å². The van der Waals surface area contributed by atoms with Gasteiger partial charge in [-0.15, -0.1) is 0 Å². The van der Waals surface area contributed by atoms with Crippen molar-refractivity contribution in [2.24, 2.45) is 11.8 Å². The highest BCUT2D eigenvalue weighted by atomic mass is 16.3. The first-order valence-electron chi connectivity index (χ1n) is 4.54. The maximum atomic E-state index is 9.72. The second-order valence-corrected chi connectivity index (χ2v) is 4.26. The van der Waals surface area contributed by atoms with Crippen LogP contribution in [0.15, 0.2) is 0 Å². The van der Waals surface area contributed by atoms with Crippen molar-refractivity contribution in [2.75, 3.05) is 14.1 Å². The summed E-state index contributed by atoms with van der Waals surface area (Å²) in [5.74, 6) is 1.20. The van der Waals surface area contributed by atoms with Gasteiger partial charge in [0.25, 0.3) is 0 Å². The predicted molar refractivity (Wildman–Crippen MR) is 44.3 cm³/mol. The molecule has 11 heavy (non-hydrogen) atoms. The molecule has 2 aliphatic rings. The molecule has 0 aromatic heterocycles. The van der Waals surface area contributed by atoms with Gasteiger partial charge in [-0.2, -0.15) is 0 Å². The van der Waals surface area contributed by atoms with Gasteiger partial charge >= 0.3 is 0 Å². The van der Waals surface area contributed by atoms with Gasteiger partial charge < -0.3 is 10.0 Å². The minimum atomic E-state index is 0.0161. The molecule has 0 spiro atoms. The van der Waals surface area contributed by atoms with Crippen LogP contribution in [-0.2, 0) is 0 Å². The van der Waals surface area contributed by atoms with Gasteiger partial charge in [0.1, 0.15) is 0 Å². The molecular weight excluding hydrogens is 138 g/mol. The highest BCUT2D eigenvalue weighted by molar-refractivity contribution is 5.00. The minimum Gasteiger partial charge on any atom is -0.392 e. The lowest BCUT2D eigenvalue weighted by molar-refractivity contribution is 0.111. The maximum absolute atomic E-state index is 9.72. The van der Waals surface area contributed by atoms with Gasteiger partial charge in [0, 0.05) is 12.0 Å². The minimum absolute atomic E-state index is 0.0161. The van der Waals surface area contributed by atoms with Crippen molar-refractivity contribution in [2.45, 2.75) is 31.4 Å². The van der Waals surface area contributed by atoms with Crippen LogP contribution in [-0.4, -0.2) is 36.2 Å². The lowest BCUT2D eigenvalue weighted by atomic mass is 9.95. The molecule has 2 aliphatic carbocycles. The Balaban J connectivity index is 2.09. The normalized spacial score (nSPS) is 49.1. The van der Waals surface area contributed by atoms with E-state index in [1.165, 1.54) is 19.3 Å². The summed E-state index contributed by atoms with van der Waals surface area (Å²) in [4.78, 5) is 2.27. The average molecular weight is 155 g/mol. The van der Waals surface area contributed by atoms with Crippen molar-refractivity contribution >= 4 is 0 Å². The second kappa shape index (κ2) is 2.46. The first kappa shape index (κ1) is 7.56. The van der Waals surface area contributed by atoms with E-state index in [1.807, 2.05) is 0 Å². The van der Waals surface area contributed by atoms with Gasteiger partial charge in [0.15, 0.2) is 0 Å². The molecule has 2 fully saturated rings. The molecular formula is C9H17NO. The summed E-state index contributed by atoms with van der Waals surface area (Å²) in [6, 6.07) is 0.656. The molecule has 2 bridgehead atoms. The first-order valence-corrected chi connectivity index (χ1v) is 4.54. The van der Waals surface area contributed by atoms with Gasteiger partial charge in [-0.1, -0.05) is 0 Å². The fourth-order valence-electron chi connectivity index (χ4n) is 2.85. The summed E-state index contributed by atoms with van der Waals surface area (Å²) in [5.41, 5.74) is 0. The van der Waals surface area contributed by atoms with Crippen LogP contribution in [0.4, 0.5) is 0 Å². The van der Waals surface area contributed by atoms with Crippen molar-refractivity contribution in [3.8, 4) is 0 Å². The largest absolute Gasteiger partial charge is 0.392 e. The maximum Gasteiger partial charge on any atom is 0.0612 e. The molecule has 2 heteroatoms. The summed E-state index contributed by atoms with van der Waals surface area (Å²) in [6.07, 6.45) is 3.74. The molecule has 4 unspecified atom stereocenters. The Kier molecular flexibility index (Phi) is 1.69. The van der Waals surface area contributed by atoms with Crippen LogP contribution in [0.3, 0.4) is 0 Å². The topological polar surface area (TPSA) is 23.5 Å². The summed E-state index contributed by atoms with van der Waals surface area (Å²) < 4.78 is 0. The standard InChI is InChI=1S/C9H17NO/c1-10(2)8-5-6-3-4-7(8)9(6)11/h6-9,11H,3-5H2,1-2H3. The van der Waals surface area contributed by atoms with Crippen LogP contribution in [0.5, 0.6) is 0 Å². The van der Waals surface area contributed by atoms with Crippen molar-refractivity contribution in [1.29, 1.82) is 0 Å². The molecule has 64 valence electrons.